The molecule has 1 aromatic heterocycles. The van der Waals surface area contributed by atoms with E-state index in [9.17, 15) is 4.79 Å². The van der Waals surface area contributed by atoms with Gasteiger partial charge >= 0.3 is 0 Å². The number of nitrogens with one attached hydrogen (secondary N) is 1. The van der Waals surface area contributed by atoms with Gasteiger partial charge in [-0.2, -0.15) is 4.98 Å². The summed E-state index contributed by atoms with van der Waals surface area (Å²) >= 11 is 0. The van der Waals surface area contributed by atoms with Gasteiger partial charge in [0.15, 0.2) is 0 Å². The van der Waals surface area contributed by atoms with E-state index in [1.165, 1.54) is 7.05 Å². The number of hydrogen-bond acceptors (Lipinski definition) is 5. The van der Waals surface area contributed by atoms with E-state index in [2.05, 4.69) is 36.2 Å². The molecule has 0 aliphatic carbocycles. The molecule has 0 saturated heterocycles. The Labute approximate surface area is 114 Å². The van der Waals surface area contributed by atoms with Crippen molar-refractivity contribution in [1.82, 2.24) is 15.5 Å². The Morgan fingerprint density at radius 2 is 2.11 bits per heavy atom. The van der Waals surface area contributed by atoms with Crippen molar-refractivity contribution in [3.8, 4) is 0 Å². The third-order valence-electron chi connectivity index (χ3n) is 3.34. The molecule has 19 heavy (non-hydrogen) atoms. The lowest BCUT2D eigenvalue weighted by molar-refractivity contribution is 0.0950. The van der Waals surface area contributed by atoms with Crippen LogP contribution in [0.25, 0.3) is 0 Å². The lowest BCUT2D eigenvalue weighted by Crippen LogP contribution is -2.24. The summed E-state index contributed by atoms with van der Waals surface area (Å²) in [4.78, 5) is 15.4. The number of carbonyl (C=O) groups is 1. The molecule has 0 aromatic carbocycles. The first-order valence-electron chi connectivity index (χ1n) is 6.63. The molecule has 0 aliphatic rings. The zero-order valence-electron chi connectivity index (χ0n) is 12.2. The molecule has 3 N–H and O–H groups in total. The van der Waals surface area contributed by atoms with Gasteiger partial charge in [0, 0.05) is 13.5 Å². The lowest BCUT2D eigenvalue weighted by atomic mass is 9.76. The van der Waals surface area contributed by atoms with Crippen LogP contribution in [0.2, 0.25) is 0 Å². The molecule has 6 nitrogen and oxygen atoms in total. The highest BCUT2D eigenvalue weighted by Crippen LogP contribution is 2.31. The van der Waals surface area contributed by atoms with Crippen LogP contribution in [0.3, 0.4) is 0 Å². The molecular formula is C13H24N4O2. The predicted octanol–water partition coefficient (Wildman–Crippen LogP) is 1.37. The van der Waals surface area contributed by atoms with Gasteiger partial charge in [0.2, 0.25) is 5.89 Å². The summed E-state index contributed by atoms with van der Waals surface area (Å²) in [5, 5.41) is 6.11. The maximum Gasteiger partial charge on any atom is 0.292 e. The number of nitrogens with two attached hydrogens (primary N) is 1. The molecule has 1 heterocycles. The van der Waals surface area contributed by atoms with Crippen molar-refractivity contribution in [2.45, 2.75) is 40.0 Å². The van der Waals surface area contributed by atoms with Crippen LogP contribution in [0.1, 0.15) is 50.1 Å². The molecule has 1 aromatic rings. The van der Waals surface area contributed by atoms with Crippen LogP contribution < -0.4 is 11.1 Å². The molecule has 1 atom stereocenters. The van der Waals surface area contributed by atoms with Crippen LogP contribution in [0.15, 0.2) is 4.52 Å². The average Bonchev–Trinajstić information content (AvgIpc) is 2.80. The fraction of sp³-hybridized carbons (Fsp3) is 0.769. The van der Waals surface area contributed by atoms with Gasteiger partial charge in [-0.1, -0.05) is 25.9 Å². The largest absolute Gasteiger partial charge is 0.352 e. The molecular weight excluding hydrogens is 244 g/mol. The topological polar surface area (TPSA) is 94.0 Å². The normalized spacial score (nSPS) is 13.3. The Kier molecular flexibility index (Phi) is 5.47. The number of carbonyl (C=O) groups excluding carboxylic acids is 1. The quantitative estimate of drug-likeness (QED) is 0.812. The van der Waals surface area contributed by atoms with Gasteiger partial charge in [0.05, 0.1) is 0 Å². The summed E-state index contributed by atoms with van der Waals surface area (Å²) in [5.41, 5.74) is 5.85. The number of aromatic nitrogens is 2. The second-order valence-electron chi connectivity index (χ2n) is 5.77. The van der Waals surface area contributed by atoms with Crippen molar-refractivity contribution >= 4 is 5.91 Å². The Bertz CT molecular complexity index is 409. The van der Waals surface area contributed by atoms with E-state index in [4.69, 9.17) is 10.3 Å². The molecule has 0 saturated carbocycles. The monoisotopic (exact) mass is 268 g/mol. The van der Waals surface area contributed by atoms with Crippen molar-refractivity contribution in [2.75, 3.05) is 13.6 Å². The van der Waals surface area contributed by atoms with E-state index in [1.54, 1.807) is 0 Å². The molecule has 0 fully saturated rings. The minimum atomic E-state index is -0.329. The Morgan fingerprint density at radius 1 is 1.42 bits per heavy atom. The molecule has 0 spiro atoms. The van der Waals surface area contributed by atoms with Crippen LogP contribution >= 0.6 is 0 Å². The third-order valence-corrected chi connectivity index (χ3v) is 3.34. The second kappa shape index (κ2) is 6.65. The van der Waals surface area contributed by atoms with E-state index in [0.717, 1.165) is 12.8 Å². The first-order chi connectivity index (χ1) is 8.88. The molecule has 108 valence electrons. The number of rotatable bonds is 6. The molecule has 6 heteroatoms. The van der Waals surface area contributed by atoms with Crippen molar-refractivity contribution in [2.24, 2.45) is 17.1 Å². The summed E-state index contributed by atoms with van der Waals surface area (Å²) in [6.45, 7) is 7.29. The van der Waals surface area contributed by atoms with E-state index >= 15 is 0 Å². The summed E-state index contributed by atoms with van der Waals surface area (Å²) < 4.78 is 5.08. The standard InChI is InChI=1S/C13H24N4O2/c1-13(2,3)9(7-8-14)5-6-10-16-11(17-19-10)12(18)15-4/h9H,5-8,14H2,1-4H3,(H,15,18). The number of nitrogens with zero attached hydrogens (tertiary/aromatic N) is 2. The van der Waals surface area contributed by atoms with Gasteiger partial charge in [-0.15, -0.1) is 0 Å². The Balaban J connectivity index is 2.59. The molecule has 0 bridgehead atoms. The Hall–Kier alpha value is -1.43. The van der Waals surface area contributed by atoms with Gasteiger partial charge in [-0.25, -0.2) is 0 Å². The fourth-order valence-corrected chi connectivity index (χ4v) is 2.07. The highest BCUT2D eigenvalue weighted by molar-refractivity contribution is 5.89. The van der Waals surface area contributed by atoms with Gasteiger partial charge in [-0.3, -0.25) is 4.79 Å². The summed E-state index contributed by atoms with van der Waals surface area (Å²) in [6.07, 6.45) is 2.57. The SMILES string of the molecule is CNC(=O)c1noc(CCC(CCN)C(C)(C)C)n1. The van der Waals surface area contributed by atoms with Gasteiger partial charge in [0.1, 0.15) is 0 Å². The minimum Gasteiger partial charge on any atom is -0.352 e. The van der Waals surface area contributed by atoms with Crippen molar-refractivity contribution in [3.63, 3.8) is 0 Å². The zero-order valence-corrected chi connectivity index (χ0v) is 12.2. The van der Waals surface area contributed by atoms with Crippen LogP contribution in [0.5, 0.6) is 0 Å². The maximum absolute atomic E-state index is 11.3. The minimum absolute atomic E-state index is 0.0867. The fourth-order valence-electron chi connectivity index (χ4n) is 2.07. The van der Waals surface area contributed by atoms with E-state index in [-0.39, 0.29) is 17.1 Å². The number of amides is 1. The van der Waals surface area contributed by atoms with Crippen molar-refractivity contribution in [3.05, 3.63) is 11.7 Å². The summed E-state index contributed by atoms with van der Waals surface area (Å²) in [6, 6.07) is 0. The first-order valence-corrected chi connectivity index (χ1v) is 6.63. The molecule has 1 amide bonds. The Morgan fingerprint density at radius 3 is 2.63 bits per heavy atom. The number of hydrogen-bond donors (Lipinski definition) is 2. The van der Waals surface area contributed by atoms with E-state index in [0.29, 0.717) is 24.8 Å². The van der Waals surface area contributed by atoms with E-state index in [1.807, 2.05) is 0 Å². The zero-order chi connectivity index (χ0) is 14.5. The van der Waals surface area contributed by atoms with Gasteiger partial charge in [-0.05, 0) is 30.7 Å². The van der Waals surface area contributed by atoms with Crippen LogP contribution in [0, 0.1) is 11.3 Å². The maximum atomic E-state index is 11.3. The molecule has 0 radical (unpaired) electrons. The van der Waals surface area contributed by atoms with Crippen LogP contribution in [-0.2, 0) is 6.42 Å². The summed E-state index contributed by atoms with van der Waals surface area (Å²) in [5.74, 6) is 0.755. The first kappa shape index (κ1) is 15.6. The molecule has 1 rings (SSSR count). The highest BCUT2D eigenvalue weighted by Gasteiger charge is 2.24. The smallest absolute Gasteiger partial charge is 0.292 e. The molecule has 0 aliphatic heterocycles. The predicted molar refractivity (Wildman–Crippen MR) is 72.6 cm³/mol. The van der Waals surface area contributed by atoms with Crippen LogP contribution in [-0.4, -0.2) is 29.6 Å². The van der Waals surface area contributed by atoms with Crippen molar-refractivity contribution in [1.29, 1.82) is 0 Å². The average molecular weight is 268 g/mol. The number of aryl methyl sites for hydroxylation is 1. The molecule has 1 unspecified atom stereocenters. The lowest BCUT2D eigenvalue weighted by Gasteiger charge is -2.30. The van der Waals surface area contributed by atoms with Gasteiger partial charge < -0.3 is 15.6 Å². The van der Waals surface area contributed by atoms with Crippen molar-refractivity contribution < 1.29 is 9.32 Å². The third kappa shape index (κ3) is 4.63. The van der Waals surface area contributed by atoms with Gasteiger partial charge in [0.25, 0.3) is 11.7 Å². The highest BCUT2D eigenvalue weighted by atomic mass is 16.5. The van der Waals surface area contributed by atoms with E-state index < -0.39 is 0 Å². The summed E-state index contributed by atoms with van der Waals surface area (Å²) in [7, 11) is 1.54. The second-order valence-corrected chi connectivity index (χ2v) is 5.77. The van der Waals surface area contributed by atoms with Crippen LogP contribution in [0.4, 0.5) is 0 Å².